The van der Waals surface area contributed by atoms with Crippen molar-refractivity contribution in [2.24, 2.45) is 0 Å². The van der Waals surface area contributed by atoms with Crippen molar-refractivity contribution >= 4 is 17.7 Å². The second-order valence-corrected chi connectivity index (χ2v) is 5.73. The molecule has 0 spiro atoms. The highest BCUT2D eigenvalue weighted by Crippen LogP contribution is 2.18. The smallest absolute Gasteiger partial charge is 0.251 e. The number of rotatable bonds is 6. The summed E-state index contributed by atoms with van der Waals surface area (Å²) in [6.07, 6.45) is 3.03. The van der Waals surface area contributed by atoms with Crippen molar-refractivity contribution in [2.75, 3.05) is 6.54 Å². The summed E-state index contributed by atoms with van der Waals surface area (Å²) in [5.41, 5.74) is 0.406. The fourth-order valence-electron chi connectivity index (χ4n) is 1.61. The minimum Gasteiger partial charge on any atom is -0.353 e. The average Bonchev–Trinajstić information content (AvgIpc) is 2.90. The molecule has 0 unspecified atom stereocenters. The van der Waals surface area contributed by atoms with Crippen LogP contribution in [0.5, 0.6) is 0 Å². The number of nitrogens with zero attached hydrogens (tertiary/aromatic N) is 4. The Morgan fingerprint density at radius 1 is 1.57 bits per heavy atom. The van der Waals surface area contributed by atoms with Gasteiger partial charge in [-0.05, 0) is 13.8 Å². The van der Waals surface area contributed by atoms with Crippen molar-refractivity contribution in [3.05, 3.63) is 34.8 Å². The van der Waals surface area contributed by atoms with Crippen molar-refractivity contribution in [1.29, 1.82) is 0 Å². The summed E-state index contributed by atoms with van der Waals surface area (Å²) in [5, 5.41) is 6.83. The number of H-pyrrole nitrogens is 1. The van der Waals surface area contributed by atoms with Crippen molar-refractivity contribution in [1.82, 2.24) is 30.0 Å². The Bertz CT molecular complexity index is 654. The van der Waals surface area contributed by atoms with Gasteiger partial charge in [0.15, 0.2) is 5.16 Å². The Kier molecular flexibility index (Phi) is 5.09. The van der Waals surface area contributed by atoms with Gasteiger partial charge >= 0.3 is 0 Å². The molecule has 0 saturated heterocycles. The van der Waals surface area contributed by atoms with Gasteiger partial charge in [0.25, 0.3) is 5.56 Å². The number of thioether (sulfide) groups is 1. The predicted octanol–water partition coefficient (Wildman–Crippen LogP) is -0.0332. The van der Waals surface area contributed by atoms with Gasteiger partial charge in [-0.15, -0.1) is 0 Å². The van der Waals surface area contributed by atoms with E-state index in [4.69, 9.17) is 0 Å². The van der Waals surface area contributed by atoms with E-state index in [1.54, 1.807) is 24.9 Å². The molecular formula is C12H16N6O2S. The van der Waals surface area contributed by atoms with Crippen LogP contribution < -0.4 is 10.9 Å². The molecule has 0 aliphatic rings. The van der Waals surface area contributed by atoms with Crippen LogP contribution in [0.3, 0.4) is 0 Å². The molecule has 2 heterocycles. The van der Waals surface area contributed by atoms with Crippen molar-refractivity contribution in [2.45, 2.75) is 30.8 Å². The summed E-state index contributed by atoms with van der Waals surface area (Å²) in [6.45, 7) is 4.52. The first-order chi connectivity index (χ1) is 10.0. The summed E-state index contributed by atoms with van der Waals surface area (Å²) in [6, 6.07) is 1.41. The maximum absolute atomic E-state index is 11.9. The fraction of sp³-hybridized carbons (Fsp3) is 0.417. The van der Waals surface area contributed by atoms with E-state index in [1.807, 2.05) is 0 Å². The van der Waals surface area contributed by atoms with Crippen molar-refractivity contribution in [3.8, 4) is 0 Å². The average molecular weight is 308 g/mol. The highest BCUT2D eigenvalue weighted by molar-refractivity contribution is 8.00. The van der Waals surface area contributed by atoms with Crippen LogP contribution in [0.2, 0.25) is 0 Å². The molecule has 0 radical (unpaired) electrons. The van der Waals surface area contributed by atoms with E-state index >= 15 is 0 Å². The number of hydrogen-bond acceptors (Lipinski definition) is 6. The molecule has 0 aliphatic carbocycles. The van der Waals surface area contributed by atoms with Gasteiger partial charge in [0.2, 0.25) is 5.91 Å². The van der Waals surface area contributed by atoms with E-state index in [9.17, 15) is 9.59 Å². The predicted molar refractivity (Wildman–Crippen MR) is 77.9 cm³/mol. The van der Waals surface area contributed by atoms with Gasteiger partial charge in [0.1, 0.15) is 12.7 Å². The largest absolute Gasteiger partial charge is 0.353 e. The Balaban J connectivity index is 1.83. The summed E-state index contributed by atoms with van der Waals surface area (Å²) in [4.78, 5) is 33.9. The van der Waals surface area contributed by atoms with Gasteiger partial charge < -0.3 is 10.3 Å². The first-order valence-corrected chi connectivity index (χ1v) is 7.27. The molecule has 2 aromatic heterocycles. The van der Waals surface area contributed by atoms with Crippen LogP contribution >= 0.6 is 11.8 Å². The Morgan fingerprint density at radius 2 is 2.38 bits per heavy atom. The number of carbonyl (C=O) groups excluding carboxylic acids is 1. The summed E-state index contributed by atoms with van der Waals surface area (Å²) in [7, 11) is 0. The molecule has 1 amide bonds. The fourth-order valence-corrected chi connectivity index (χ4v) is 2.50. The zero-order valence-corrected chi connectivity index (χ0v) is 12.6. The molecule has 8 nitrogen and oxygen atoms in total. The zero-order valence-electron chi connectivity index (χ0n) is 11.7. The van der Waals surface area contributed by atoms with E-state index in [1.165, 1.54) is 24.2 Å². The number of amides is 1. The second-order valence-electron chi connectivity index (χ2n) is 4.40. The van der Waals surface area contributed by atoms with E-state index in [2.05, 4.69) is 25.4 Å². The van der Waals surface area contributed by atoms with Gasteiger partial charge in [-0.2, -0.15) is 5.10 Å². The Labute approximate surface area is 125 Å². The van der Waals surface area contributed by atoms with Crippen LogP contribution in [0, 0.1) is 6.92 Å². The third-order valence-corrected chi connectivity index (χ3v) is 3.60. The normalized spacial score (nSPS) is 12.1. The maximum Gasteiger partial charge on any atom is 0.251 e. The lowest BCUT2D eigenvalue weighted by molar-refractivity contribution is -0.120. The molecular weight excluding hydrogens is 292 g/mol. The highest BCUT2D eigenvalue weighted by Gasteiger charge is 2.15. The third-order valence-electron chi connectivity index (χ3n) is 2.61. The monoisotopic (exact) mass is 308 g/mol. The Hall–Kier alpha value is -2.16. The molecule has 2 N–H and O–H groups in total. The first-order valence-electron chi connectivity index (χ1n) is 6.39. The summed E-state index contributed by atoms with van der Waals surface area (Å²) in [5.74, 6) is -0.121. The molecule has 0 aliphatic heterocycles. The molecule has 2 aromatic rings. The lowest BCUT2D eigenvalue weighted by Crippen LogP contribution is -2.33. The van der Waals surface area contributed by atoms with Crippen LogP contribution in [0.15, 0.2) is 28.7 Å². The van der Waals surface area contributed by atoms with Crippen LogP contribution in [-0.4, -0.2) is 42.4 Å². The van der Waals surface area contributed by atoms with E-state index in [-0.39, 0.29) is 16.7 Å². The standard InChI is InChI=1S/C12H16N6O2S/c1-8-5-10(19)17-12(16-8)21-9(2)11(20)14-3-4-18-7-13-6-15-18/h5-7,9H,3-4H2,1-2H3,(H,14,20)(H,16,17,19)/t9-/m0/s1. The number of hydrogen-bond donors (Lipinski definition) is 2. The Morgan fingerprint density at radius 3 is 3.05 bits per heavy atom. The molecule has 9 heteroatoms. The van der Waals surface area contributed by atoms with Gasteiger partial charge in [-0.25, -0.2) is 9.97 Å². The molecule has 1 atom stereocenters. The van der Waals surface area contributed by atoms with E-state index in [0.717, 1.165) is 0 Å². The lowest BCUT2D eigenvalue weighted by Gasteiger charge is -2.11. The van der Waals surface area contributed by atoms with Crippen molar-refractivity contribution in [3.63, 3.8) is 0 Å². The van der Waals surface area contributed by atoms with Crippen LogP contribution in [-0.2, 0) is 11.3 Å². The minimum atomic E-state index is -0.356. The number of carbonyl (C=O) groups is 1. The SMILES string of the molecule is Cc1cc(=O)[nH]c(S[C@@H](C)C(=O)NCCn2cncn2)n1. The second kappa shape index (κ2) is 7.02. The van der Waals surface area contributed by atoms with E-state index in [0.29, 0.717) is 23.9 Å². The zero-order chi connectivity index (χ0) is 15.2. The molecule has 0 aromatic carbocycles. The summed E-state index contributed by atoms with van der Waals surface area (Å²) < 4.78 is 1.64. The molecule has 2 rings (SSSR count). The molecule has 0 fully saturated rings. The van der Waals surface area contributed by atoms with Gasteiger partial charge in [-0.3, -0.25) is 14.3 Å². The van der Waals surface area contributed by atoms with Crippen LogP contribution in [0.1, 0.15) is 12.6 Å². The van der Waals surface area contributed by atoms with Crippen LogP contribution in [0.25, 0.3) is 0 Å². The van der Waals surface area contributed by atoms with Gasteiger partial charge in [-0.1, -0.05) is 11.8 Å². The number of aryl methyl sites for hydroxylation is 1. The minimum absolute atomic E-state index is 0.121. The lowest BCUT2D eigenvalue weighted by atomic mass is 10.4. The number of aromatic amines is 1. The van der Waals surface area contributed by atoms with Gasteiger partial charge in [0, 0.05) is 18.3 Å². The summed E-state index contributed by atoms with van der Waals surface area (Å²) >= 11 is 1.21. The molecule has 0 saturated carbocycles. The first kappa shape index (κ1) is 15.2. The number of nitrogens with one attached hydrogen (secondary N) is 2. The maximum atomic E-state index is 11.9. The molecule has 112 valence electrons. The van der Waals surface area contributed by atoms with E-state index < -0.39 is 0 Å². The quantitative estimate of drug-likeness (QED) is 0.573. The van der Waals surface area contributed by atoms with Crippen molar-refractivity contribution < 1.29 is 4.79 Å². The van der Waals surface area contributed by atoms with Gasteiger partial charge in [0.05, 0.1) is 11.8 Å². The highest BCUT2D eigenvalue weighted by atomic mass is 32.2. The molecule has 21 heavy (non-hydrogen) atoms. The topological polar surface area (TPSA) is 106 Å². The molecule has 0 bridgehead atoms. The number of aromatic nitrogens is 5. The van der Waals surface area contributed by atoms with Crippen LogP contribution in [0.4, 0.5) is 0 Å². The third kappa shape index (κ3) is 4.71.